The van der Waals surface area contributed by atoms with Crippen LogP contribution in [-0.4, -0.2) is 15.8 Å². The number of aromatic amines is 1. The van der Waals surface area contributed by atoms with Crippen molar-refractivity contribution in [1.29, 1.82) is 0 Å². The second kappa shape index (κ2) is 4.45. The number of aromatic nitrogens is 2. The molecule has 0 aromatic carbocycles. The number of carbonyl (C=O) groups is 1. The molecule has 1 aliphatic carbocycles. The molecule has 2 heterocycles. The monoisotopic (exact) mass is 278 g/mol. The van der Waals surface area contributed by atoms with Crippen LogP contribution in [0.25, 0.3) is 10.2 Å². The van der Waals surface area contributed by atoms with Crippen LogP contribution in [0.4, 0.5) is 0 Å². The van der Waals surface area contributed by atoms with Gasteiger partial charge < -0.3 is 0 Å². The molecule has 6 heteroatoms. The van der Waals surface area contributed by atoms with Crippen LogP contribution >= 0.6 is 11.3 Å². The van der Waals surface area contributed by atoms with Gasteiger partial charge in [-0.05, 0) is 25.3 Å². The van der Waals surface area contributed by atoms with Gasteiger partial charge in [-0.3, -0.25) is 19.1 Å². The molecule has 2 aromatic heterocycles. The Balaban J connectivity index is 2.35. The van der Waals surface area contributed by atoms with Gasteiger partial charge in [-0.1, -0.05) is 12.8 Å². The van der Waals surface area contributed by atoms with E-state index in [2.05, 4.69) is 4.98 Å². The molecule has 0 atom stereocenters. The fourth-order valence-corrected chi connectivity index (χ4v) is 3.86. The molecule has 1 saturated carbocycles. The number of hydrogen-bond donors (Lipinski definition) is 1. The van der Waals surface area contributed by atoms with Crippen LogP contribution in [0.5, 0.6) is 0 Å². The third kappa shape index (κ3) is 1.78. The average molecular weight is 278 g/mol. The van der Waals surface area contributed by atoms with Gasteiger partial charge in [0.05, 0.1) is 10.3 Å². The molecule has 1 fully saturated rings. The minimum atomic E-state index is -0.358. The zero-order chi connectivity index (χ0) is 13.6. The number of nitrogens with zero attached hydrogens (tertiary/aromatic N) is 1. The lowest BCUT2D eigenvalue weighted by Crippen LogP contribution is -2.37. The number of aryl methyl sites for hydroxylation is 1. The van der Waals surface area contributed by atoms with Gasteiger partial charge in [0.1, 0.15) is 4.83 Å². The Morgan fingerprint density at radius 1 is 1.32 bits per heavy atom. The molecule has 0 aliphatic heterocycles. The summed E-state index contributed by atoms with van der Waals surface area (Å²) in [5.41, 5.74) is 0.0543. The number of nitrogens with one attached hydrogen (secondary N) is 1. The summed E-state index contributed by atoms with van der Waals surface area (Å²) in [5, 5.41) is 0.485. The quantitative estimate of drug-likeness (QED) is 0.854. The zero-order valence-electron chi connectivity index (χ0n) is 10.6. The molecule has 3 rings (SSSR count). The molecule has 0 unspecified atom stereocenters. The second-order valence-corrected chi connectivity index (χ2v) is 6.01. The van der Waals surface area contributed by atoms with E-state index in [0.29, 0.717) is 20.7 Å². The fraction of sp³-hybridized carbons (Fsp3) is 0.462. The number of H-pyrrole nitrogens is 1. The lowest BCUT2D eigenvalue weighted by molar-refractivity contribution is 0.112. The summed E-state index contributed by atoms with van der Waals surface area (Å²) in [6, 6.07) is -0.000342. The zero-order valence-corrected chi connectivity index (χ0v) is 11.4. The van der Waals surface area contributed by atoms with Crippen molar-refractivity contribution < 1.29 is 4.79 Å². The first-order valence-electron chi connectivity index (χ1n) is 6.36. The second-order valence-electron chi connectivity index (χ2n) is 4.96. The first-order chi connectivity index (χ1) is 9.13. The van der Waals surface area contributed by atoms with Gasteiger partial charge in [0.25, 0.3) is 5.56 Å². The highest BCUT2D eigenvalue weighted by atomic mass is 32.1. The summed E-state index contributed by atoms with van der Waals surface area (Å²) < 4.78 is 1.34. The SMILES string of the molecule is Cc1c(C=O)sc2[nH]c(=O)n(C3CCCC3)c(=O)c12. The summed E-state index contributed by atoms with van der Waals surface area (Å²) in [4.78, 5) is 39.3. The predicted octanol–water partition coefficient (Wildman–Crippen LogP) is 1.99. The van der Waals surface area contributed by atoms with E-state index in [1.807, 2.05) is 0 Å². The van der Waals surface area contributed by atoms with Gasteiger partial charge in [-0.15, -0.1) is 11.3 Å². The highest BCUT2D eigenvalue weighted by Crippen LogP contribution is 2.29. The van der Waals surface area contributed by atoms with Crippen LogP contribution in [0.15, 0.2) is 9.59 Å². The normalized spacial score (nSPS) is 16.3. The van der Waals surface area contributed by atoms with Crippen molar-refractivity contribution in [3.63, 3.8) is 0 Å². The molecular formula is C13H14N2O3S. The summed E-state index contributed by atoms with van der Waals surface area (Å²) in [5.74, 6) is 0. The largest absolute Gasteiger partial charge is 0.329 e. The van der Waals surface area contributed by atoms with E-state index in [4.69, 9.17) is 0 Å². The first kappa shape index (κ1) is 12.3. The summed E-state index contributed by atoms with van der Waals surface area (Å²) >= 11 is 1.17. The van der Waals surface area contributed by atoms with Crippen molar-refractivity contribution in [3.8, 4) is 0 Å². The minimum absolute atomic E-state index is 0.000342. The first-order valence-corrected chi connectivity index (χ1v) is 7.18. The molecule has 0 saturated heterocycles. The highest BCUT2D eigenvalue weighted by molar-refractivity contribution is 7.20. The molecule has 0 amide bonds. The average Bonchev–Trinajstić information content (AvgIpc) is 2.97. The summed E-state index contributed by atoms with van der Waals surface area (Å²) in [6.07, 6.45) is 4.58. The predicted molar refractivity (Wildman–Crippen MR) is 74.3 cm³/mol. The lowest BCUT2D eigenvalue weighted by atomic mass is 10.2. The highest BCUT2D eigenvalue weighted by Gasteiger charge is 2.23. The Bertz CT molecular complexity index is 763. The van der Waals surface area contributed by atoms with Crippen LogP contribution < -0.4 is 11.2 Å². The lowest BCUT2D eigenvalue weighted by Gasteiger charge is -2.11. The van der Waals surface area contributed by atoms with Gasteiger partial charge in [0, 0.05) is 6.04 Å². The van der Waals surface area contributed by atoms with Crippen molar-refractivity contribution in [3.05, 3.63) is 31.3 Å². The van der Waals surface area contributed by atoms with Gasteiger partial charge in [0.15, 0.2) is 6.29 Å². The fourth-order valence-electron chi connectivity index (χ4n) is 2.85. The minimum Gasteiger partial charge on any atom is -0.298 e. The van der Waals surface area contributed by atoms with Gasteiger partial charge in [-0.2, -0.15) is 0 Å². The topological polar surface area (TPSA) is 71.9 Å². The van der Waals surface area contributed by atoms with Crippen LogP contribution in [0.1, 0.15) is 47.0 Å². The summed E-state index contributed by atoms with van der Waals surface area (Å²) in [7, 11) is 0. The number of aldehydes is 1. The van der Waals surface area contributed by atoms with Gasteiger partial charge in [-0.25, -0.2) is 4.79 Å². The maximum absolute atomic E-state index is 12.5. The van der Waals surface area contributed by atoms with Crippen molar-refractivity contribution >= 4 is 27.8 Å². The van der Waals surface area contributed by atoms with Crippen molar-refractivity contribution in [2.75, 3.05) is 0 Å². The smallest absolute Gasteiger partial charge is 0.298 e. The number of carbonyl (C=O) groups excluding carboxylic acids is 1. The van der Waals surface area contributed by atoms with Crippen LogP contribution in [0.2, 0.25) is 0 Å². The Morgan fingerprint density at radius 2 is 2.00 bits per heavy atom. The molecule has 19 heavy (non-hydrogen) atoms. The van der Waals surface area contributed by atoms with E-state index >= 15 is 0 Å². The Labute approximate surface area is 112 Å². The molecular weight excluding hydrogens is 264 g/mol. The van der Waals surface area contributed by atoms with Crippen molar-refractivity contribution in [1.82, 2.24) is 9.55 Å². The molecule has 1 N–H and O–H groups in total. The van der Waals surface area contributed by atoms with E-state index in [1.165, 1.54) is 15.9 Å². The van der Waals surface area contributed by atoms with Crippen molar-refractivity contribution in [2.45, 2.75) is 38.6 Å². The third-order valence-corrected chi connectivity index (χ3v) is 4.99. The summed E-state index contributed by atoms with van der Waals surface area (Å²) in [6.45, 7) is 1.75. The molecule has 100 valence electrons. The Kier molecular flexibility index (Phi) is 2.89. The van der Waals surface area contributed by atoms with Crippen molar-refractivity contribution in [2.24, 2.45) is 0 Å². The molecule has 5 nitrogen and oxygen atoms in total. The van der Waals surface area contributed by atoms with E-state index < -0.39 is 0 Å². The Hall–Kier alpha value is -1.69. The molecule has 1 aliphatic rings. The maximum Gasteiger partial charge on any atom is 0.329 e. The molecule has 2 aromatic rings. The van der Waals surface area contributed by atoms with E-state index in [-0.39, 0.29) is 17.3 Å². The molecule has 0 radical (unpaired) electrons. The number of fused-ring (bicyclic) bond motifs is 1. The number of thiophene rings is 1. The van der Waals surface area contributed by atoms with E-state index in [1.54, 1.807) is 6.92 Å². The van der Waals surface area contributed by atoms with Gasteiger partial charge in [0.2, 0.25) is 0 Å². The molecule has 0 spiro atoms. The Morgan fingerprint density at radius 3 is 2.63 bits per heavy atom. The van der Waals surface area contributed by atoms with Gasteiger partial charge >= 0.3 is 5.69 Å². The van der Waals surface area contributed by atoms with E-state index in [0.717, 1.165) is 32.0 Å². The molecule has 0 bridgehead atoms. The van der Waals surface area contributed by atoms with Crippen LogP contribution in [-0.2, 0) is 0 Å². The van der Waals surface area contributed by atoms with Crippen LogP contribution in [0, 0.1) is 6.92 Å². The van der Waals surface area contributed by atoms with E-state index in [9.17, 15) is 14.4 Å². The standard InChI is InChI=1S/C13H14N2O3S/c1-7-9(6-16)19-11-10(7)12(17)15(13(18)14-11)8-4-2-3-5-8/h6,8H,2-5H2,1H3,(H,14,18). The third-order valence-electron chi connectivity index (χ3n) is 3.85. The number of hydrogen-bond acceptors (Lipinski definition) is 4. The number of rotatable bonds is 2. The van der Waals surface area contributed by atoms with Crippen LogP contribution in [0.3, 0.4) is 0 Å². The maximum atomic E-state index is 12.5.